The molecule has 0 aromatic heterocycles. The second kappa shape index (κ2) is 6.19. The van der Waals surface area contributed by atoms with Gasteiger partial charge in [0.1, 0.15) is 0 Å². The number of carbonyl (C=O) groups is 2. The van der Waals surface area contributed by atoms with E-state index in [-0.39, 0.29) is 24.8 Å². The lowest BCUT2D eigenvalue weighted by molar-refractivity contribution is -0.137. The first-order chi connectivity index (χ1) is 9.54. The summed E-state index contributed by atoms with van der Waals surface area (Å²) in [6, 6.07) is 13.5. The number of fused-ring (bicyclic) bond motifs is 1. The lowest BCUT2D eigenvalue weighted by Gasteiger charge is -2.11. The highest BCUT2D eigenvalue weighted by Crippen LogP contribution is 2.15. The third kappa shape index (κ3) is 3.82. The van der Waals surface area contributed by atoms with Crippen molar-refractivity contribution in [3.8, 4) is 0 Å². The number of hydrogen-bond donors (Lipinski definition) is 2. The number of amides is 1. The van der Waals surface area contributed by atoms with Crippen LogP contribution in [0.2, 0.25) is 0 Å². The Labute approximate surface area is 117 Å². The summed E-state index contributed by atoms with van der Waals surface area (Å²) in [5.74, 6) is -1.07. The predicted octanol–water partition coefficient (Wildman–Crippen LogP) is 2.36. The van der Waals surface area contributed by atoms with Gasteiger partial charge in [-0.15, -0.1) is 0 Å². The summed E-state index contributed by atoms with van der Waals surface area (Å²) in [6.07, 6.45) is 0.193. The molecular formula is C16H17NO3. The molecule has 0 aliphatic carbocycles. The number of benzene rings is 2. The van der Waals surface area contributed by atoms with Crippen molar-refractivity contribution in [2.45, 2.75) is 25.8 Å². The van der Waals surface area contributed by atoms with E-state index in [1.54, 1.807) is 6.92 Å². The normalized spacial score (nSPS) is 12.1. The molecule has 2 rings (SSSR count). The number of rotatable bonds is 5. The van der Waals surface area contributed by atoms with Crippen molar-refractivity contribution in [2.75, 3.05) is 0 Å². The van der Waals surface area contributed by atoms with E-state index in [2.05, 4.69) is 5.32 Å². The maximum Gasteiger partial charge on any atom is 0.305 e. The van der Waals surface area contributed by atoms with Gasteiger partial charge in [0.25, 0.3) is 0 Å². The van der Waals surface area contributed by atoms with E-state index in [4.69, 9.17) is 5.11 Å². The van der Waals surface area contributed by atoms with Crippen LogP contribution in [0.1, 0.15) is 18.9 Å². The molecule has 2 N–H and O–H groups in total. The van der Waals surface area contributed by atoms with Crippen molar-refractivity contribution in [1.82, 2.24) is 5.32 Å². The SMILES string of the molecule is CC(CC(=O)O)NC(=O)Cc1ccc2ccccc2c1. The largest absolute Gasteiger partial charge is 0.481 e. The molecule has 1 unspecified atom stereocenters. The number of hydrogen-bond acceptors (Lipinski definition) is 2. The maximum absolute atomic E-state index is 11.8. The van der Waals surface area contributed by atoms with Crippen molar-refractivity contribution < 1.29 is 14.7 Å². The van der Waals surface area contributed by atoms with Gasteiger partial charge in [-0.25, -0.2) is 0 Å². The molecule has 20 heavy (non-hydrogen) atoms. The van der Waals surface area contributed by atoms with Crippen LogP contribution in [0.5, 0.6) is 0 Å². The maximum atomic E-state index is 11.8. The zero-order valence-electron chi connectivity index (χ0n) is 11.3. The van der Waals surface area contributed by atoms with E-state index >= 15 is 0 Å². The molecule has 0 aliphatic heterocycles. The number of aliphatic carboxylic acids is 1. The molecule has 4 heteroatoms. The van der Waals surface area contributed by atoms with Crippen molar-refractivity contribution >= 4 is 22.6 Å². The van der Waals surface area contributed by atoms with Gasteiger partial charge >= 0.3 is 5.97 Å². The molecule has 2 aromatic carbocycles. The second-order valence-electron chi connectivity index (χ2n) is 4.92. The third-order valence-electron chi connectivity index (χ3n) is 3.07. The topological polar surface area (TPSA) is 66.4 Å². The minimum Gasteiger partial charge on any atom is -0.481 e. The summed E-state index contributed by atoms with van der Waals surface area (Å²) in [6.45, 7) is 1.69. The average Bonchev–Trinajstić information content (AvgIpc) is 2.37. The van der Waals surface area contributed by atoms with Gasteiger partial charge in [-0.1, -0.05) is 42.5 Å². The van der Waals surface area contributed by atoms with E-state index in [0.29, 0.717) is 0 Å². The van der Waals surface area contributed by atoms with Gasteiger partial charge in [0.2, 0.25) is 5.91 Å². The van der Waals surface area contributed by atoms with Crippen molar-refractivity contribution in [3.63, 3.8) is 0 Å². The quantitative estimate of drug-likeness (QED) is 0.877. The molecule has 1 atom stereocenters. The van der Waals surface area contributed by atoms with Gasteiger partial charge in [-0.3, -0.25) is 9.59 Å². The highest BCUT2D eigenvalue weighted by Gasteiger charge is 2.11. The fraction of sp³-hybridized carbons (Fsp3) is 0.250. The van der Waals surface area contributed by atoms with E-state index in [1.807, 2.05) is 42.5 Å². The third-order valence-corrected chi connectivity index (χ3v) is 3.07. The Bertz CT molecular complexity index is 636. The molecule has 0 saturated heterocycles. The van der Waals surface area contributed by atoms with Crippen LogP contribution in [0.4, 0.5) is 0 Å². The summed E-state index contributed by atoms with van der Waals surface area (Å²) < 4.78 is 0. The van der Waals surface area contributed by atoms with E-state index < -0.39 is 5.97 Å². The fourth-order valence-corrected chi connectivity index (χ4v) is 2.17. The van der Waals surface area contributed by atoms with Crippen LogP contribution < -0.4 is 5.32 Å². The molecule has 2 aromatic rings. The van der Waals surface area contributed by atoms with Crippen LogP contribution in [0.25, 0.3) is 10.8 Å². The zero-order chi connectivity index (χ0) is 14.5. The summed E-state index contributed by atoms with van der Waals surface area (Å²) in [7, 11) is 0. The molecule has 0 radical (unpaired) electrons. The van der Waals surface area contributed by atoms with Crippen molar-refractivity contribution in [1.29, 1.82) is 0 Å². The first-order valence-electron chi connectivity index (χ1n) is 6.53. The van der Waals surface area contributed by atoms with Crippen molar-refractivity contribution in [2.24, 2.45) is 0 Å². The Kier molecular flexibility index (Phi) is 4.35. The van der Waals surface area contributed by atoms with Gasteiger partial charge in [-0.2, -0.15) is 0 Å². The first-order valence-corrected chi connectivity index (χ1v) is 6.53. The minimum atomic E-state index is -0.913. The van der Waals surface area contributed by atoms with Crippen LogP contribution in [-0.4, -0.2) is 23.0 Å². The smallest absolute Gasteiger partial charge is 0.305 e. The number of carbonyl (C=O) groups excluding carboxylic acids is 1. The lowest BCUT2D eigenvalue weighted by Crippen LogP contribution is -2.35. The zero-order valence-corrected chi connectivity index (χ0v) is 11.3. The lowest BCUT2D eigenvalue weighted by atomic mass is 10.0. The van der Waals surface area contributed by atoms with Crippen LogP contribution in [0.15, 0.2) is 42.5 Å². The van der Waals surface area contributed by atoms with Gasteiger partial charge in [0, 0.05) is 6.04 Å². The van der Waals surface area contributed by atoms with Crippen LogP contribution in [0.3, 0.4) is 0 Å². The summed E-state index contributed by atoms with van der Waals surface area (Å²) in [4.78, 5) is 22.4. The molecule has 0 fully saturated rings. The van der Waals surface area contributed by atoms with Crippen LogP contribution >= 0.6 is 0 Å². The summed E-state index contributed by atoms with van der Waals surface area (Å²) >= 11 is 0. The number of carboxylic acid groups (broad SMARTS) is 1. The van der Waals surface area contributed by atoms with Crippen molar-refractivity contribution in [3.05, 3.63) is 48.0 Å². The standard InChI is InChI=1S/C16H17NO3/c1-11(8-16(19)20)17-15(18)10-12-6-7-13-4-2-3-5-14(13)9-12/h2-7,9,11H,8,10H2,1H3,(H,17,18)(H,19,20). The fourth-order valence-electron chi connectivity index (χ4n) is 2.17. The molecular weight excluding hydrogens is 254 g/mol. The first kappa shape index (κ1) is 14.1. The van der Waals surface area contributed by atoms with Crippen LogP contribution in [0, 0.1) is 0 Å². The van der Waals surface area contributed by atoms with E-state index in [1.165, 1.54) is 0 Å². The highest BCUT2D eigenvalue weighted by molar-refractivity contribution is 5.85. The Balaban J connectivity index is 2.00. The van der Waals surface area contributed by atoms with Gasteiger partial charge < -0.3 is 10.4 Å². The molecule has 0 spiro atoms. The molecule has 0 heterocycles. The minimum absolute atomic E-state index is 0.0660. The Morgan fingerprint density at radius 2 is 1.85 bits per heavy atom. The molecule has 0 saturated carbocycles. The second-order valence-corrected chi connectivity index (χ2v) is 4.92. The molecule has 1 amide bonds. The van der Waals surface area contributed by atoms with Gasteiger partial charge in [-0.05, 0) is 23.3 Å². The molecule has 4 nitrogen and oxygen atoms in total. The van der Waals surface area contributed by atoms with Gasteiger partial charge in [0.15, 0.2) is 0 Å². The Morgan fingerprint density at radius 3 is 2.55 bits per heavy atom. The number of carboxylic acids is 1. The van der Waals surface area contributed by atoms with E-state index in [9.17, 15) is 9.59 Å². The monoisotopic (exact) mass is 271 g/mol. The predicted molar refractivity (Wildman–Crippen MR) is 77.5 cm³/mol. The Hall–Kier alpha value is -2.36. The summed E-state index contributed by atoms with van der Waals surface area (Å²) in [5, 5.41) is 13.6. The number of nitrogens with one attached hydrogen (secondary N) is 1. The highest BCUT2D eigenvalue weighted by atomic mass is 16.4. The summed E-state index contributed by atoms with van der Waals surface area (Å²) in [5.41, 5.74) is 0.920. The Morgan fingerprint density at radius 1 is 1.15 bits per heavy atom. The average molecular weight is 271 g/mol. The molecule has 0 aliphatic rings. The van der Waals surface area contributed by atoms with Crippen LogP contribution in [-0.2, 0) is 16.0 Å². The molecule has 104 valence electrons. The van der Waals surface area contributed by atoms with E-state index in [0.717, 1.165) is 16.3 Å². The van der Waals surface area contributed by atoms with Gasteiger partial charge in [0.05, 0.1) is 12.8 Å². The molecule has 0 bridgehead atoms.